The fourth-order valence-electron chi connectivity index (χ4n) is 3.21. The van der Waals surface area contributed by atoms with Gasteiger partial charge in [0.2, 0.25) is 5.95 Å². The van der Waals surface area contributed by atoms with Crippen LogP contribution in [0.2, 0.25) is 5.02 Å². The minimum absolute atomic E-state index is 0.0416. The van der Waals surface area contributed by atoms with Crippen molar-refractivity contribution in [2.45, 2.75) is 12.6 Å². The van der Waals surface area contributed by atoms with E-state index in [9.17, 15) is 14.3 Å². The maximum atomic E-state index is 13.1. The molecule has 11 heteroatoms. The number of aryl methyl sites for hydroxylation is 1. The number of carbonyl (C=O) groups excluding carboxylic acids is 1. The summed E-state index contributed by atoms with van der Waals surface area (Å²) in [5.41, 5.74) is 5.64. The molecule has 174 valence electrons. The fraction of sp³-hybridized carbons (Fsp3) is 0.130. The standard InChI is InChI=1S/C23H21ClFN7O2/c1-14-10-27-22(29-18-7-5-17(25)6-8-18)30-20(14)32-11-19(28-13-32)21(33)31-23(34,12-26)15-3-2-4-16(24)9-15/h2-11,13,34H,12,26H2,1H3,(H,31,33)(H,27,29,30). The molecule has 0 saturated heterocycles. The van der Waals surface area contributed by atoms with Crippen LogP contribution in [0.3, 0.4) is 0 Å². The highest BCUT2D eigenvalue weighted by Gasteiger charge is 2.31. The number of hydrogen-bond acceptors (Lipinski definition) is 7. The summed E-state index contributed by atoms with van der Waals surface area (Å²) >= 11 is 6.00. The van der Waals surface area contributed by atoms with Crippen LogP contribution in [0.15, 0.2) is 67.3 Å². The molecule has 2 heterocycles. The topological polar surface area (TPSA) is 131 Å². The summed E-state index contributed by atoms with van der Waals surface area (Å²) in [6.07, 6.45) is 4.51. The summed E-state index contributed by atoms with van der Waals surface area (Å²) in [5.74, 6) is -0.222. The summed E-state index contributed by atoms with van der Waals surface area (Å²) < 4.78 is 14.7. The van der Waals surface area contributed by atoms with Crippen LogP contribution in [0.5, 0.6) is 0 Å². The third-order valence-corrected chi connectivity index (χ3v) is 5.26. The Labute approximate surface area is 199 Å². The molecule has 1 amide bonds. The molecule has 0 aliphatic carbocycles. The van der Waals surface area contributed by atoms with Crippen molar-refractivity contribution >= 4 is 29.1 Å². The molecule has 0 saturated carbocycles. The van der Waals surface area contributed by atoms with E-state index in [0.29, 0.717) is 22.1 Å². The number of benzene rings is 2. The highest BCUT2D eigenvalue weighted by molar-refractivity contribution is 6.30. The van der Waals surface area contributed by atoms with Crippen molar-refractivity contribution in [1.82, 2.24) is 24.8 Å². The van der Waals surface area contributed by atoms with Crippen molar-refractivity contribution in [3.8, 4) is 5.82 Å². The zero-order chi connectivity index (χ0) is 24.3. The number of anilines is 2. The number of nitrogens with two attached hydrogens (primary N) is 1. The molecule has 0 aliphatic rings. The lowest BCUT2D eigenvalue weighted by Gasteiger charge is -2.28. The van der Waals surface area contributed by atoms with Gasteiger partial charge in [0.05, 0.1) is 0 Å². The van der Waals surface area contributed by atoms with E-state index in [4.69, 9.17) is 17.3 Å². The molecule has 9 nitrogen and oxygen atoms in total. The van der Waals surface area contributed by atoms with Gasteiger partial charge in [-0.1, -0.05) is 23.7 Å². The lowest BCUT2D eigenvalue weighted by Crippen LogP contribution is -2.51. The molecule has 1 unspecified atom stereocenters. The highest BCUT2D eigenvalue weighted by Crippen LogP contribution is 2.22. The first-order chi connectivity index (χ1) is 16.3. The molecule has 0 bridgehead atoms. The van der Waals surface area contributed by atoms with Gasteiger partial charge in [0.1, 0.15) is 23.7 Å². The molecular weight excluding hydrogens is 461 g/mol. The number of hydrogen-bond donors (Lipinski definition) is 4. The lowest BCUT2D eigenvalue weighted by molar-refractivity contribution is 0.0108. The Morgan fingerprint density at radius 3 is 2.71 bits per heavy atom. The van der Waals surface area contributed by atoms with Crippen LogP contribution in [-0.2, 0) is 5.72 Å². The van der Waals surface area contributed by atoms with Gasteiger partial charge < -0.3 is 21.5 Å². The van der Waals surface area contributed by atoms with E-state index in [1.165, 1.54) is 30.7 Å². The first-order valence-electron chi connectivity index (χ1n) is 10.2. The van der Waals surface area contributed by atoms with Crippen molar-refractivity contribution < 1.29 is 14.3 Å². The molecule has 4 rings (SSSR count). The molecule has 0 aliphatic heterocycles. The predicted octanol–water partition coefficient (Wildman–Crippen LogP) is 3.04. The predicted molar refractivity (Wildman–Crippen MR) is 125 cm³/mol. The average molecular weight is 482 g/mol. The van der Waals surface area contributed by atoms with Crippen molar-refractivity contribution in [1.29, 1.82) is 0 Å². The Morgan fingerprint density at radius 1 is 1.24 bits per heavy atom. The van der Waals surface area contributed by atoms with E-state index in [0.717, 1.165) is 5.56 Å². The Bertz CT molecular complexity index is 1330. The summed E-state index contributed by atoms with van der Waals surface area (Å²) in [4.78, 5) is 25.7. The maximum absolute atomic E-state index is 13.1. The van der Waals surface area contributed by atoms with Crippen LogP contribution in [0.1, 0.15) is 21.6 Å². The van der Waals surface area contributed by atoms with Crippen molar-refractivity contribution in [2.75, 3.05) is 11.9 Å². The van der Waals surface area contributed by atoms with Gasteiger partial charge in [-0.3, -0.25) is 9.36 Å². The van der Waals surface area contributed by atoms with Gasteiger partial charge in [0, 0.05) is 40.8 Å². The minimum Gasteiger partial charge on any atom is -0.366 e. The number of nitrogens with zero attached hydrogens (tertiary/aromatic N) is 4. The second-order valence-electron chi connectivity index (χ2n) is 7.53. The van der Waals surface area contributed by atoms with E-state index in [-0.39, 0.29) is 24.0 Å². The van der Waals surface area contributed by atoms with Gasteiger partial charge in [-0.2, -0.15) is 4.98 Å². The Balaban J connectivity index is 1.55. The van der Waals surface area contributed by atoms with Crippen LogP contribution >= 0.6 is 11.6 Å². The van der Waals surface area contributed by atoms with Gasteiger partial charge in [-0.15, -0.1) is 0 Å². The Kier molecular flexibility index (Phi) is 6.55. The molecule has 2 aromatic carbocycles. The molecule has 1 atom stereocenters. The van der Waals surface area contributed by atoms with Crippen molar-refractivity contribution in [3.05, 3.63) is 94.9 Å². The zero-order valence-corrected chi connectivity index (χ0v) is 18.8. The molecule has 2 aromatic heterocycles. The Morgan fingerprint density at radius 2 is 2.00 bits per heavy atom. The largest absolute Gasteiger partial charge is 0.366 e. The van der Waals surface area contributed by atoms with Gasteiger partial charge in [-0.25, -0.2) is 14.4 Å². The summed E-state index contributed by atoms with van der Waals surface area (Å²) in [6.45, 7) is 1.53. The van der Waals surface area contributed by atoms with Crippen molar-refractivity contribution in [2.24, 2.45) is 5.73 Å². The summed E-state index contributed by atoms with van der Waals surface area (Å²) in [5, 5.41) is 16.8. The molecule has 4 aromatic rings. The van der Waals surface area contributed by atoms with Gasteiger partial charge in [-0.05, 0) is 43.3 Å². The number of halogens is 2. The first kappa shape index (κ1) is 23.3. The third-order valence-electron chi connectivity index (χ3n) is 5.02. The zero-order valence-electron chi connectivity index (χ0n) is 18.0. The first-order valence-corrected chi connectivity index (χ1v) is 10.6. The van der Waals surface area contributed by atoms with Gasteiger partial charge >= 0.3 is 0 Å². The van der Waals surface area contributed by atoms with E-state index < -0.39 is 11.6 Å². The number of imidazole rings is 1. The molecule has 0 radical (unpaired) electrons. The average Bonchev–Trinajstić information content (AvgIpc) is 3.32. The highest BCUT2D eigenvalue weighted by atomic mass is 35.5. The summed E-state index contributed by atoms with van der Waals surface area (Å²) in [7, 11) is 0. The van der Waals surface area contributed by atoms with Crippen molar-refractivity contribution in [3.63, 3.8) is 0 Å². The monoisotopic (exact) mass is 481 g/mol. The number of carbonyl (C=O) groups is 1. The molecule has 0 spiro atoms. The van der Waals surface area contributed by atoms with E-state index in [1.54, 1.807) is 41.1 Å². The second kappa shape index (κ2) is 9.56. The number of aromatic nitrogens is 4. The fourth-order valence-corrected chi connectivity index (χ4v) is 3.40. The number of nitrogens with one attached hydrogen (secondary N) is 2. The Hall–Kier alpha value is -3.86. The number of rotatable bonds is 7. The molecule has 0 fully saturated rings. The SMILES string of the molecule is Cc1cnc(Nc2ccc(F)cc2)nc1-n1cnc(C(=O)NC(O)(CN)c2cccc(Cl)c2)c1. The van der Waals surface area contributed by atoms with Gasteiger partial charge in [0.15, 0.2) is 5.72 Å². The maximum Gasteiger partial charge on any atom is 0.273 e. The van der Waals surface area contributed by atoms with Gasteiger partial charge in [0.25, 0.3) is 5.91 Å². The van der Waals surface area contributed by atoms with E-state index >= 15 is 0 Å². The van der Waals surface area contributed by atoms with Crippen LogP contribution in [0.25, 0.3) is 5.82 Å². The van der Waals surface area contributed by atoms with Crippen LogP contribution in [0.4, 0.5) is 16.0 Å². The van der Waals surface area contributed by atoms with E-state index in [1.807, 2.05) is 6.92 Å². The third kappa shape index (κ3) is 5.04. The molecule has 5 N–H and O–H groups in total. The summed E-state index contributed by atoms with van der Waals surface area (Å²) in [6, 6.07) is 12.2. The van der Waals surface area contributed by atoms with Crippen LogP contribution in [-0.4, -0.2) is 37.1 Å². The molecule has 34 heavy (non-hydrogen) atoms. The second-order valence-corrected chi connectivity index (χ2v) is 7.96. The quantitative estimate of drug-likeness (QED) is 0.298. The molecular formula is C23H21ClFN7O2. The van der Waals surface area contributed by atoms with Crippen LogP contribution < -0.4 is 16.4 Å². The lowest BCUT2D eigenvalue weighted by atomic mass is 10.0. The smallest absolute Gasteiger partial charge is 0.273 e. The van der Waals surface area contributed by atoms with Crippen LogP contribution in [0, 0.1) is 12.7 Å². The van der Waals surface area contributed by atoms with E-state index in [2.05, 4.69) is 25.6 Å². The number of amides is 1. The number of aliphatic hydroxyl groups is 1. The normalized spacial score (nSPS) is 12.7. The minimum atomic E-state index is -1.83.